The summed E-state index contributed by atoms with van der Waals surface area (Å²) in [6.45, 7) is 7.60. The average molecular weight is 465 g/mol. The summed E-state index contributed by atoms with van der Waals surface area (Å²) in [5.74, 6) is 0.190. The molecule has 1 aliphatic heterocycles. The van der Waals surface area contributed by atoms with Gasteiger partial charge >= 0.3 is 6.18 Å². The van der Waals surface area contributed by atoms with E-state index in [1.807, 2.05) is 0 Å². The van der Waals surface area contributed by atoms with E-state index >= 15 is 0 Å². The number of carbonyl (C=O) groups excluding carboxylic acids is 1. The summed E-state index contributed by atoms with van der Waals surface area (Å²) >= 11 is 6.35. The van der Waals surface area contributed by atoms with Gasteiger partial charge < -0.3 is 9.47 Å². The highest BCUT2D eigenvalue weighted by atomic mass is 35.5. The number of hydrazone groups is 1. The Hall–Kier alpha value is -3.26. The summed E-state index contributed by atoms with van der Waals surface area (Å²) in [7, 11) is 0. The van der Waals surface area contributed by atoms with Crippen LogP contribution >= 0.6 is 11.6 Å². The lowest BCUT2D eigenvalue weighted by molar-refractivity contribution is -0.137. The third-order valence-electron chi connectivity index (χ3n) is 4.47. The molecule has 0 unspecified atom stereocenters. The molecule has 9 heteroatoms. The minimum atomic E-state index is -4.53. The van der Waals surface area contributed by atoms with Gasteiger partial charge in [0.15, 0.2) is 11.5 Å². The predicted octanol–water partition coefficient (Wildman–Crippen LogP) is 6.13. The Morgan fingerprint density at radius 1 is 1.22 bits per heavy atom. The number of amides is 1. The van der Waals surface area contributed by atoms with Crippen molar-refractivity contribution in [2.75, 3.05) is 18.2 Å². The zero-order valence-corrected chi connectivity index (χ0v) is 18.1. The fourth-order valence-corrected chi connectivity index (χ4v) is 3.33. The average Bonchev–Trinajstić information content (AvgIpc) is 3.01. The molecule has 0 saturated carbocycles. The summed E-state index contributed by atoms with van der Waals surface area (Å²) in [6.07, 6.45) is -1.40. The molecule has 5 nitrogen and oxygen atoms in total. The zero-order chi connectivity index (χ0) is 23.5. The number of rotatable bonds is 7. The second-order valence-electron chi connectivity index (χ2n) is 6.77. The number of hydrogen-bond acceptors (Lipinski definition) is 4. The van der Waals surface area contributed by atoms with Crippen LogP contribution in [0.5, 0.6) is 11.5 Å². The largest absolute Gasteiger partial charge is 0.490 e. The van der Waals surface area contributed by atoms with Crippen molar-refractivity contribution in [1.82, 2.24) is 0 Å². The first-order chi connectivity index (χ1) is 15.2. The normalized spacial score (nSPS) is 15.2. The Labute approximate surface area is 188 Å². The number of benzene rings is 2. The van der Waals surface area contributed by atoms with E-state index < -0.39 is 17.6 Å². The van der Waals surface area contributed by atoms with Crippen molar-refractivity contribution in [3.05, 3.63) is 70.8 Å². The fourth-order valence-electron chi connectivity index (χ4n) is 3.06. The molecule has 32 heavy (non-hydrogen) atoms. The minimum absolute atomic E-state index is 0.0220. The van der Waals surface area contributed by atoms with Gasteiger partial charge in [-0.05, 0) is 55.8 Å². The topological polar surface area (TPSA) is 51.1 Å². The molecular weight excluding hydrogens is 445 g/mol. The fraction of sp³-hybridized carbons (Fsp3) is 0.217. The molecule has 3 rings (SSSR count). The minimum Gasteiger partial charge on any atom is -0.490 e. The molecule has 168 valence electrons. The molecule has 0 atom stereocenters. The van der Waals surface area contributed by atoms with Gasteiger partial charge in [-0.25, -0.2) is 0 Å². The van der Waals surface area contributed by atoms with E-state index in [1.165, 1.54) is 12.1 Å². The van der Waals surface area contributed by atoms with Crippen molar-refractivity contribution in [3.63, 3.8) is 0 Å². The monoisotopic (exact) mass is 464 g/mol. The van der Waals surface area contributed by atoms with Crippen LogP contribution in [0.15, 0.2) is 59.7 Å². The molecule has 0 bridgehead atoms. The third kappa shape index (κ3) is 4.96. The Bertz CT molecular complexity index is 1110. The van der Waals surface area contributed by atoms with Gasteiger partial charge in [0.05, 0.1) is 34.2 Å². The van der Waals surface area contributed by atoms with E-state index in [-0.39, 0.29) is 22.9 Å². The number of hydrogen-bond donors (Lipinski definition) is 0. The molecule has 0 aromatic heterocycles. The maximum absolute atomic E-state index is 13.1. The predicted molar refractivity (Wildman–Crippen MR) is 118 cm³/mol. The van der Waals surface area contributed by atoms with E-state index in [4.69, 9.17) is 21.1 Å². The van der Waals surface area contributed by atoms with Gasteiger partial charge in [0.2, 0.25) is 0 Å². The Balaban J connectivity index is 1.96. The molecule has 1 heterocycles. The van der Waals surface area contributed by atoms with E-state index in [0.717, 1.165) is 17.1 Å². The zero-order valence-electron chi connectivity index (χ0n) is 17.4. The van der Waals surface area contributed by atoms with Gasteiger partial charge in [-0.15, -0.1) is 0 Å². The van der Waals surface area contributed by atoms with Crippen LogP contribution < -0.4 is 14.5 Å². The second-order valence-corrected chi connectivity index (χ2v) is 7.18. The standard InChI is InChI=1S/C23H20ClF3N2O3/c1-4-9-32-21-19(24)11-15(12-20(21)31-5-2)10-18-14(3)28-29(22(18)30)17-8-6-7-16(13-17)23(25,26)27/h4,6-8,10-13H,1,5,9H2,2-3H3/b18-10+. The lowest BCUT2D eigenvalue weighted by Crippen LogP contribution is -2.21. The van der Waals surface area contributed by atoms with Crippen LogP contribution in [0.2, 0.25) is 5.02 Å². The summed E-state index contributed by atoms with van der Waals surface area (Å²) in [6, 6.07) is 7.70. The molecule has 0 N–H and O–H groups in total. The molecule has 0 radical (unpaired) electrons. The number of anilines is 1. The highest BCUT2D eigenvalue weighted by Gasteiger charge is 2.33. The van der Waals surface area contributed by atoms with Crippen LogP contribution in [0.1, 0.15) is 25.0 Å². The maximum atomic E-state index is 13.1. The van der Waals surface area contributed by atoms with Crippen LogP contribution in [0.3, 0.4) is 0 Å². The smallest absolute Gasteiger partial charge is 0.416 e. The quantitative estimate of drug-likeness (QED) is 0.366. The first-order valence-corrected chi connectivity index (χ1v) is 10.0. The maximum Gasteiger partial charge on any atom is 0.416 e. The molecule has 0 saturated heterocycles. The van der Waals surface area contributed by atoms with Gasteiger partial charge in [-0.2, -0.15) is 23.3 Å². The molecule has 2 aromatic rings. The molecule has 1 aliphatic rings. The highest BCUT2D eigenvalue weighted by Crippen LogP contribution is 2.38. The van der Waals surface area contributed by atoms with Crippen LogP contribution in [0, 0.1) is 0 Å². The number of halogens is 4. The van der Waals surface area contributed by atoms with Crippen LogP contribution in [-0.2, 0) is 11.0 Å². The SMILES string of the molecule is C=CCOc1c(Cl)cc(/C=C2/C(=O)N(c3cccc(C(F)(F)F)c3)N=C2C)cc1OCC. The lowest BCUT2D eigenvalue weighted by Gasteiger charge is -2.15. The number of carbonyl (C=O) groups is 1. The molecular formula is C23H20ClF3N2O3. The van der Waals surface area contributed by atoms with Crippen molar-refractivity contribution in [3.8, 4) is 11.5 Å². The van der Waals surface area contributed by atoms with Gasteiger partial charge in [-0.1, -0.05) is 30.3 Å². The Morgan fingerprint density at radius 2 is 1.97 bits per heavy atom. The lowest BCUT2D eigenvalue weighted by atomic mass is 10.1. The van der Waals surface area contributed by atoms with Gasteiger partial charge in [0.25, 0.3) is 5.91 Å². The molecule has 0 fully saturated rings. The first kappa shape index (κ1) is 23.4. The number of ether oxygens (including phenoxy) is 2. The van der Waals surface area contributed by atoms with Crippen molar-refractivity contribution in [2.45, 2.75) is 20.0 Å². The van der Waals surface area contributed by atoms with E-state index in [2.05, 4.69) is 11.7 Å². The highest BCUT2D eigenvalue weighted by molar-refractivity contribution is 6.33. The molecule has 1 amide bonds. The van der Waals surface area contributed by atoms with E-state index in [9.17, 15) is 18.0 Å². The molecule has 2 aromatic carbocycles. The van der Waals surface area contributed by atoms with Crippen LogP contribution in [0.25, 0.3) is 6.08 Å². The van der Waals surface area contributed by atoms with E-state index in [1.54, 1.807) is 38.1 Å². The van der Waals surface area contributed by atoms with Crippen molar-refractivity contribution in [1.29, 1.82) is 0 Å². The second kappa shape index (κ2) is 9.48. The Morgan fingerprint density at radius 3 is 2.62 bits per heavy atom. The summed E-state index contributed by atoms with van der Waals surface area (Å²) in [5, 5.41) is 5.37. The molecule has 0 spiro atoms. The van der Waals surface area contributed by atoms with Gasteiger partial charge in [0, 0.05) is 0 Å². The van der Waals surface area contributed by atoms with E-state index in [0.29, 0.717) is 29.4 Å². The Kier molecular flexibility index (Phi) is 6.93. The summed E-state index contributed by atoms with van der Waals surface area (Å²) < 4.78 is 50.3. The van der Waals surface area contributed by atoms with Crippen LogP contribution in [0.4, 0.5) is 18.9 Å². The van der Waals surface area contributed by atoms with Crippen molar-refractivity contribution >= 4 is 35.0 Å². The van der Waals surface area contributed by atoms with Crippen molar-refractivity contribution in [2.24, 2.45) is 5.10 Å². The van der Waals surface area contributed by atoms with Crippen molar-refractivity contribution < 1.29 is 27.4 Å². The molecule has 0 aliphatic carbocycles. The number of nitrogens with zero attached hydrogens (tertiary/aromatic N) is 2. The first-order valence-electron chi connectivity index (χ1n) is 9.64. The van der Waals surface area contributed by atoms with Crippen LogP contribution in [-0.4, -0.2) is 24.8 Å². The number of alkyl halides is 3. The van der Waals surface area contributed by atoms with Gasteiger partial charge in [0.1, 0.15) is 6.61 Å². The van der Waals surface area contributed by atoms with Gasteiger partial charge in [-0.3, -0.25) is 4.79 Å². The summed E-state index contributed by atoms with van der Waals surface area (Å²) in [5.41, 5.74) is 0.285. The third-order valence-corrected chi connectivity index (χ3v) is 4.75. The summed E-state index contributed by atoms with van der Waals surface area (Å²) in [4.78, 5) is 12.9.